The van der Waals surface area contributed by atoms with Gasteiger partial charge >= 0.3 is 0 Å². The molecule has 0 amide bonds. The van der Waals surface area contributed by atoms with E-state index >= 15 is 0 Å². The van der Waals surface area contributed by atoms with Gasteiger partial charge in [0.15, 0.2) is 0 Å². The molecule has 0 aliphatic carbocycles. The molecule has 0 aromatic rings. The van der Waals surface area contributed by atoms with Crippen LogP contribution in [-0.4, -0.2) is 23.4 Å². The number of hydrogen-bond donors (Lipinski definition) is 2. The van der Waals surface area contributed by atoms with Gasteiger partial charge in [0.25, 0.3) is 0 Å². The van der Waals surface area contributed by atoms with E-state index in [9.17, 15) is 0 Å². The van der Waals surface area contributed by atoms with Crippen LogP contribution < -0.4 is 0 Å². The second-order valence-electron chi connectivity index (χ2n) is 4.64. The maximum Gasteiger partial charge on any atom is 0.0431 e. The van der Waals surface area contributed by atoms with Crippen molar-refractivity contribution in [3.05, 3.63) is 11.6 Å². The third-order valence-electron chi connectivity index (χ3n) is 2.64. The van der Waals surface area contributed by atoms with Crippen LogP contribution in [0.4, 0.5) is 0 Å². The van der Waals surface area contributed by atoms with Crippen LogP contribution in [0, 0.1) is 0 Å². The summed E-state index contributed by atoms with van der Waals surface area (Å²) < 4.78 is 0. The Morgan fingerprint density at radius 1 is 0.706 bits per heavy atom. The first-order valence-electron chi connectivity index (χ1n) is 7.00. The second-order valence-corrected chi connectivity index (χ2v) is 4.64. The minimum atomic E-state index is 0.338. The fourth-order valence-electron chi connectivity index (χ4n) is 1.28. The van der Waals surface area contributed by atoms with Crippen LogP contribution >= 0.6 is 0 Å². The molecule has 0 spiro atoms. The Morgan fingerprint density at radius 3 is 1.12 bits per heavy atom. The smallest absolute Gasteiger partial charge is 0.0431 e. The van der Waals surface area contributed by atoms with Gasteiger partial charge < -0.3 is 10.2 Å². The summed E-state index contributed by atoms with van der Waals surface area (Å²) >= 11 is 0. The van der Waals surface area contributed by atoms with Crippen LogP contribution in [0.5, 0.6) is 0 Å². The molecule has 0 aromatic carbocycles. The predicted octanol–water partition coefficient (Wildman–Crippen LogP) is 4.06. The molecule has 2 N–H and O–H groups in total. The highest BCUT2D eigenvalue weighted by atomic mass is 16.3. The molecule has 0 saturated carbocycles. The molecular formula is C15H32O2. The van der Waals surface area contributed by atoms with Gasteiger partial charge in [-0.3, -0.25) is 0 Å². The van der Waals surface area contributed by atoms with Crippen LogP contribution in [0.2, 0.25) is 0 Å². The van der Waals surface area contributed by atoms with Crippen molar-refractivity contribution in [1.29, 1.82) is 0 Å². The van der Waals surface area contributed by atoms with Gasteiger partial charge in [0.05, 0.1) is 0 Å². The van der Waals surface area contributed by atoms with Gasteiger partial charge in [-0.2, -0.15) is 0 Å². The predicted molar refractivity (Wildman–Crippen MR) is 76.2 cm³/mol. The largest absolute Gasteiger partial charge is 0.396 e. The van der Waals surface area contributed by atoms with Crippen molar-refractivity contribution < 1.29 is 10.2 Å². The summed E-state index contributed by atoms with van der Waals surface area (Å²) in [7, 11) is 0. The van der Waals surface area contributed by atoms with Crippen molar-refractivity contribution in [1.82, 2.24) is 0 Å². The van der Waals surface area contributed by atoms with Crippen molar-refractivity contribution in [2.45, 2.75) is 72.1 Å². The number of aliphatic hydroxyl groups excluding tert-OH is 2. The number of rotatable bonds is 9. The van der Waals surface area contributed by atoms with E-state index in [1.165, 1.54) is 31.3 Å². The van der Waals surface area contributed by atoms with Gasteiger partial charge in [-0.1, -0.05) is 50.2 Å². The number of allylic oxidation sites excluding steroid dienone is 2. The van der Waals surface area contributed by atoms with E-state index in [0.717, 1.165) is 25.7 Å². The van der Waals surface area contributed by atoms with E-state index in [0.29, 0.717) is 13.2 Å². The molecule has 0 aliphatic rings. The molecule has 2 heteroatoms. The third-order valence-corrected chi connectivity index (χ3v) is 2.64. The molecule has 0 radical (unpaired) electrons. The molecule has 0 fully saturated rings. The van der Waals surface area contributed by atoms with Crippen LogP contribution in [0.1, 0.15) is 72.1 Å². The topological polar surface area (TPSA) is 40.5 Å². The van der Waals surface area contributed by atoms with E-state index in [2.05, 4.69) is 19.9 Å². The Morgan fingerprint density at radius 2 is 0.941 bits per heavy atom. The number of aliphatic hydroxyl groups is 2. The van der Waals surface area contributed by atoms with Crippen molar-refractivity contribution in [2.75, 3.05) is 13.2 Å². The summed E-state index contributed by atoms with van der Waals surface area (Å²) in [5.41, 5.74) is 1.38. The lowest BCUT2D eigenvalue weighted by atomic mass is 10.1. The van der Waals surface area contributed by atoms with Gasteiger partial charge in [-0.05, 0) is 33.6 Å². The lowest BCUT2D eigenvalue weighted by molar-refractivity contribution is 0.279. The monoisotopic (exact) mass is 244 g/mol. The van der Waals surface area contributed by atoms with Crippen molar-refractivity contribution >= 4 is 0 Å². The maximum absolute atomic E-state index is 8.51. The molecule has 2 nitrogen and oxygen atoms in total. The molecule has 17 heavy (non-hydrogen) atoms. The molecule has 0 unspecified atom stereocenters. The number of hydrogen-bond acceptors (Lipinski definition) is 2. The lowest BCUT2D eigenvalue weighted by Gasteiger charge is -1.99. The van der Waals surface area contributed by atoms with E-state index in [1.807, 2.05) is 6.92 Å². The molecule has 0 aromatic heterocycles. The molecular weight excluding hydrogens is 212 g/mol. The first-order chi connectivity index (χ1) is 8.18. The molecule has 0 bridgehead atoms. The van der Waals surface area contributed by atoms with E-state index in [4.69, 9.17) is 10.2 Å². The highest BCUT2D eigenvalue weighted by molar-refractivity contribution is 4.88. The number of unbranched alkanes of at least 4 members (excludes halogenated alkanes) is 7. The molecule has 0 rings (SSSR count). The molecule has 0 saturated heterocycles. The standard InChI is InChI=1S/C10H22O2.C5H10/c11-9-7-5-3-1-2-4-6-8-10-12;1-4-5(2)3/h11-12H,1-10H2;4H,1-3H3. The van der Waals surface area contributed by atoms with Crippen LogP contribution in [0.15, 0.2) is 11.6 Å². The lowest BCUT2D eigenvalue weighted by Crippen LogP contribution is -1.85. The molecule has 0 aliphatic heterocycles. The van der Waals surface area contributed by atoms with Gasteiger partial charge in [0, 0.05) is 13.2 Å². The Hall–Kier alpha value is -0.340. The van der Waals surface area contributed by atoms with E-state index in [-0.39, 0.29) is 0 Å². The Labute approximate surface area is 108 Å². The minimum absolute atomic E-state index is 0.338. The third kappa shape index (κ3) is 25.7. The molecule has 0 heterocycles. The van der Waals surface area contributed by atoms with Gasteiger partial charge in [0.1, 0.15) is 0 Å². The SMILES string of the molecule is CC=C(C)C.OCCCCCCCCCCO. The highest BCUT2D eigenvalue weighted by Gasteiger charge is 1.90. The highest BCUT2D eigenvalue weighted by Crippen LogP contribution is 2.07. The van der Waals surface area contributed by atoms with Crippen LogP contribution in [0.3, 0.4) is 0 Å². The van der Waals surface area contributed by atoms with Gasteiger partial charge in [-0.25, -0.2) is 0 Å². The maximum atomic E-state index is 8.51. The van der Waals surface area contributed by atoms with Crippen LogP contribution in [-0.2, 0) is 0 Å². The van der Waals surface area contributed by atoms with Crippen LogP contribution in [0.25, 0.3) is 0 Å². The van der Waals surface area contributed by atoms with Gasteiger partial charge in [-0.15, -0.1) is 0 Å². The average Bonchev–Trinajstić information content (AvgIpc) is 2.33. The summed E-state index contributed by atoms with van der Waals surface area (Å²) in [6, 6.07) is 0. The Kier molecular flexibility index (Phi) is 20.2. The summed E-state index contributed by atoms with van der Waals surface area (Å²) in [6.45, 7) is 6.88. The molecule has 104 valence electrons. The minimum Gasteiger partial charge on any atom is -0.396 e. The zero-order valence-corrected chi connectivity index (χ0v) is 12.0. The average molecular weight is 244 g/mol. The van der Waals surface area contributed by atoms with Crippen molar-refractivity contribution in [3.63, 3.8) is 0 Å². The van der Waals surface area contributed by atoms with Gasteiger partial charge in [0.2, 0.25) is 0 Å². The zero-order valence-electron chi connectivity index (χ0n) is 12.0. The summed E-state index contributed by atoms with van der Waals surface area (Å²) in [5, 5.41) is 17.0. The summed E-state index contributed by atoms with van der Waals surface area (Å²) in [4.78, 5) is 0. The first kappa shape index (κ1) is 19.0. The summed E-state index contributed by atoms with van der Waals surface area (Å²) in [5.74, 6) is 0. The van der Waals surface area contributed by atoms with Crippen molar-refractivity contribution in [2.24, 2.45) is 0 Å². The Balaban J connectivity index is 0. The quantitative estimate of drug-likeness (QED) is 0.474. The second kappa shape index (κ2) is 18.0. The van der Waals surface area contributed by atoms with E-state index < -0.39 is 0 Å². The zero-order chi connectivity index (χ0) is 13.4. The fraction of sp³-hybridized carbons (Fsp3) is 0.867. The van der Waals surface area contributed by atoms with E-state index in [1.54, 1.807) is 0 Å². The summed E-state index contributed by atoms with van der Waals surface area (Å²) in [6.07, 6.45) is 11.4. The Bertz CT molecular complexity index is 139. The normalized spacial score (nSPS) is 9.47. The first-order valence-corrected chi connectivity index (χ1v) is 7.00. The molecule has 0 atom stereocenters. The van der Waals surface area contributed by atoms with Crippen molar-refractivity contribution in [3.8, 4) is 0 Å². The fourth-order valence-corrected chi connectivity index (χ4v) is 1.28.